The molecule has 4 rings (SSSR count). The maximum Gasteiger partial charge on any atom is 0.247 e. The van der Waals surface area contributed by atoms with Crippen molar-refractivity contribution in [1.29, 1.82) is 0 Å². The fourth-order valence-corrected chi connectivity index (χ4v) is 6.43. The summed E-state index contributed by atoms with van der Waals surface area (Å²) >= 11 is 0. The lowest BCUT2D eigenvalue weighted by Gasteiger charge is -2.41. The van der Waals surface area contributed by atoms with E-state index in [1.807, 2.05) is 23.1 Å². The zero-order chi connectivity index (χ0) is 25.0. The topological polar surface area (TPSA) is 119 Å². The predicted molar refractivity (Wildman–Crippen MR) is 130 cm³/mol. The van der Waals surface area contributed by atoms with Crippen LogP contribution in [-0.2, 0) is 24.3 Å². The van der Waals surface area contributed by atoms with Crippen LogP contribution >= 0.6 is 0 Å². The quantitative estimate of drug-likeness (QED) is 0.436. The molecule has 3 aliphatic rings. The van der Waals surface area contributed by atoms with E-state index in [0.717, 1.165) is 18.8 Å². The summed E-state index contributed by atoms with van der Waals surface area (Å²) in [6, 6.07) is 10.1. The van der Waals surface area contributed by atoms with Gasteiger partial charge in [0, 0.05) is 50.9 Å². The molecule has 1 saturated carbocycles. The summed E-state index contributed by atoms with van der Waals surface area (Å²) in [5.74, 6) is -1.73. The van der Waals surface area contributed by atoms with Crippen molar-refractivity contribution in [1.82, 2.24) is 14.7 Å². The van der Waals surface area contributed by atoms with Gasteiger partial charge in [0.2, 0.25) is 21.8 Å². The number of hydrogen-bond acceptors (Lipinski definition) is 7. The van der Waals surface area contributed by atoms with Crippen molar-refractivity contribution in [3.05, 3.63) is 30.3 Å². The Bertz CT molecular complexity index is 975. The van der Waals surface area contributed by atoms with Crippen LogP contribution in [0.15, 0.2) is 30.3 Å². The molecule has 1 aromatic carbocycles. The van der Waals surface area contributed by atoms with E-state index in [2.05, 4.69) is 17.0 Å². The second-order valence-corrected chi connectivity index (χ2v) is 11.8. The average molecular weight is 509 g/mol. The number of hydrogen-bond donors (Lipinski definition) is 2. The molecular formula is C24H36N4O6S. The molecule has 1 aromatic rings. The van der Waals surface area contributed by atoms with E-state index >= 15 is 0 Å². The summed E-state index contributed by atoms with van der Waals surface area (Å²) in [5.41, 5.74) is 2.89. The van der Waals surface area contributed by atoms with Gasteiger partial charge < -0.3 is 14.5 Å². The van der Waals surface area contributed by atoms with Gasteiger partial charge in [-0.1, -0.05) is 18.2 Å². The van der Waals surface area contributed by atoms with Gasteiger partial charge in [-0.15, -0.1) is 0 Å². The molecule has 194 valence electrons. The Hall–Kier alpha value is -2.21. The predicted octanol–water partition coefficient (Wildman–Crippen LogP) is 1.07. The van der Waals surface area contributed by atoms with Crippen LogP contribution in [0.5, 0.6) is 0 Å². The van der Waals surface area contributed by atoms with E-state index in [-0.39, 0.29) is 18.1 Å². The van der Waals surface area contributed by atoms with Gasteiger partial charge in [0.25, 0.3) is 0 Å². The number of carbonyl (C=O) groups excluding carboxylic acids is 2. The van der Waals surface area contributed by atoms with Crippen LogP contribution in [0.4, 0.5) is 5.69 Å². The smallest absolute Gasteiger partial charge is 0.247 e. The van der Waals surface area contributed by atoms with Crippen LogP contribution in [0.25, 0.3) is 0 Å². The highest BCUT2D eigenvalue weighted by molar-refractivity contribution is 7.88. The number of anilines is 1. The van der Waals surface area contributed by atoms with Crippen molar-refractivity contribution < 1.29 is 28.0 Å². The molecule has 2 N–H and O–H groups in total. The number of carbonyl (C=O) groups is 2. The van der Waals surface area contributed by atoms with E-state index in [1.54, 1.807) is 5.48 Å². The van der Waals surface area contributed by atoms with Crippen LogP contribution in [0.1, 0.15) is 32.1 Å². The Balaban J connectivity index is 1.32. The van der Waals surface area contributed by atoms with Crippen molar-refractivity contribution in [2.45, 2.75) is 44.3 Å². The summed E-state index contributed by atoms with van der Waals surface area (Å²) in [7, 11) is -3.20. The van der Waals surface area contributed by atoms with Crippen LogP contribution in [0, 0.1) is 11.8 Å². The third kappa shape index (κ3) is 6.32. The number of rotatable bonds is 6. The Morgan fingerprint density at radius 1 is 0.914 bits per heavy atom. The number of ether oxygens (including phenoxy) is 1. The lowest BCUT2D eigenvalue weighted by molar-refractivity contribution is -0.152. The first-order chi connectivity index (χ1) is 16.8. The van der Waals surface area contributed by atoms with E-state index in [4.69, 9.17) is 4.74 Å². The number of piperidine rings is 1. The van der Waals surface area contributed by atoms with Gasteiger partial charge in [-0.3, -0.25) is 14.8 Å². The molecule has 10 nitrogen and oxygen atoms in total. The first kappa shape index (κ1) is 25.9. The van der Waals surface area contributed by atoms with Gasteiger partial charge in [0.15, 0.2) is 0 Å². The lowest BCUT2D eigenvalue weighted by Crippen LogP contribution is -2.53. The van der Waals surface area contributed by atoms with Crippen molar-refractivity contribution >= 4 is 27.5 Å². The summed E-state index contributed by atoms with van der Waals surface area (Å²) in [6.45, 7) is 3.50. The monoisotopic (exact) mass is 508 g/mol. The molecule has 0 radical (unpaired) electrons. The molecule has 2 amide bonds. The van der Waals surface area contributed by atoms with Gasteiger partial charge in [-0.05, 0) is 44.2 Å². The van der Waals surface area contributed by atoms with Crippen molar-refractivity contribution in [3.8, 4) is 0 Å². The molecule has 2 aliphatic heterocycles. The van der Waals surface area contributed by atoms with Gasteiger partial charge in [0.1, 0.15) is 0 Å². The highest BCUT2D eigenvalue weighted by Gasteiger charge is 2.42. The Kier molecular flexibility index (Phi) is 8.31. The molecule has 2 heterocycles. The largest absolute Gasteiger partial charge is 0.375 e. The molecule has 0 bridgehead atoms. The van der Waals surface area contributed by atoms with Crippen LogP contribution < -0.4 is 10.4 Å². The second-order valence-electron chi connectivity index (χ2n) is 9.77. The Morgan fingerprint density at radius 2 is 1.57 bits per heavy atom. The molecule has 2 saturated heterocycles. The number of nitrogens with one attached hydrogen (secondary N) is 1. The van der Waals surface area contributed by atoms with Gasteiger partial charge in [0.05, 0.1) is 24.4 Å². The number of piperazine rings is 1. The van der Waals surface area contributed by atoms with Gasteiger partial charge in [-0.25, -0.2) is 18.2 Å². The summed E-state index contributed by atoms with van der Waals surface area (Å²) in [5, 5.41) is 9.34. The van der Waals surface area contributed by atoms with Crippen molar-refractivity contribution in [2.75, 3.05) is 50.4 Å². The molecule has 35 heavy (non-hydrogen) atoms. The Morgan fingerprint density at radius 3 is 2.17 bits per heavy atom. The number of benzene rings is 1. The van der Waals surface area contributed by atoms with Crippen molar-refractivity contribution in [2.24, 2.45) is 11.8 Å². The summed E-state index contributed by atoms with van der Waals surface area (Å²) in [6.07, 6.45) is 3.68. The fourth-order valence-electron chi connectivity index (χ4n) is 5.55. The highest BCUT2D eigenvalue weighted by atomic mass is 32.2. The molecular weight excluding hydrogens is 472 g/mol. The molecule has 1 aliphatic carbocycles. The number of amides is 2. The van der Waals surface area contributed by atoms with Crippen molar-refractivity contribution in [3.63, 3.8) is 0 Å². The maximum atomic E-state index is 13.4. The number of nitrogens with zero attached hydrogens (tertiary/aromatic N) is 3. The van der Waals surface area contributed by atoms with Crippen LogP contribution in [-0.4, -0.2) is 92.4 Å². The number of hydroxylamine groups is 1. The highest BCUT2D eigenvalue weighted by Crippen LogP contribution is 2.35. The molecule has 0 unspecified atom stereocenters. The maximum absolute atomic E-state index is 13.4. The minimum Gasteiger partial charge on any atom is -0.375 e. The molecule has 3 atom stereocenters. The summed E-state index contributed by atoms with van der Waals surface area (Å²) in [4.78, 5) is 30.0. The first-order valence-corrected chi connectivity index (χ1v) is 14.2. The van der Waals surface area contributed by atoms with E-state index in [0.29, 0.717) is 58.3 Å². The minimum absolute atomic E-state index is 0.0359. The third-order valence-corrected chi connectivity index (χ3v) is 8.84. The average Bonchev–Trinajstić information content (AvgIpc) is 2.88. The van der Waals surface area contributed by atoms with E-state index in [9.17, 15) is 23.2 Å². The zero-order valence-electron chi connectivity index (χ0n) is 20.2. The van der Waals surface area contributed by atoms with Gasteiger partial charge in [-0.2, -0.15) is 0 Å². The SMILES string of the molecule is CS(=O)(=O)N1CCC(O[C@@H]2CC[C@H](C(=O)N3CCN(c4ccccc4)CC3)[C@@H](C(=O)NO)C2)CC1. The summed E-state index contributed by atoms with van der Waals surface area (Å²) < 4.78 is 31.2. The first-order valence-electron chi connectivity index (χ1n) is 12.4. The number of sulfonamides is 1. The Labute approximate surface area is 207 Å². The number of para-hydroxylation sites is 1. The molecule has 11 heteroatoms. The minimum atomic E-state index is -3.20. The third-order valence-electron chi connectivity index (χ3n) is 7.53. The molecule has 0 aromatic heterocycles. The van der Waals surface area contributed by atoms with Crippen LogP contribution in [0.2, 0.25) is 0 Å². The fraction of sp³-hybridized carbons (Fsp3) is 0.667. The van der Waals surface area contributed by atoms with Crippen LogP contribution in [0.3, 0.4) is 0 Å². The zero-order valence-corrected chi connectivity index (χ0v) is 21.0. The van der Waals surface area contributed by atoms with Gasteiger partial charge >= 0.3 is 0 Å². The second kappa shape index (κ2) is 11.2. The lowest BCUT2D eigenvalue weighted by atomic mass is 9.76. The standard InChI is InChI=1S/C24H36N4O6S/c1-35(32,33)28-11-9-19(10-12-28)34-20-7-8-21(22(17-20)23(29)25-31)24(30)27-15-13-26(14-16-27)18-5-3-2-4-6-18/h2-6,19-22,31H,7-17H2,1H3,(H,25,29)/t20-,21+,22+/m1/s1. The normalized spacial score (nSPS) is 27.0. The molecule has 3 fully saturated rings. The van der Waals surface area contributed by atoms with E-state index in [1.165, 1.54) is 10.6 Å². The van der Waals surface area contributed by atoms with E-state index < -0.39 is 27.8 Å². The molecule has 0 spiro atoms.